The van der Waals surface area contributed by atoms with Crippen molar-refractivity contribution in [3.63, 3.8) is 0 Å². The van der Waals surface area contributed by atoms with E-state index in [0.717, 1.165) is 23.2 Å². The Hall–Kier alpha value is -2.04. The Morgan fingerprint density at radius 2 is 1.77 bits per heavy atom. The van der Waals surface area contributed by atoms with Crippen molar-refractivity contribution >= 4 is 46.4 Å². The van der Waals surface area contributed by atoms with Gasteiger partial charge in [-0.3, -0.25) is 9.59 Å². The van der Waals surface area contributed by atoms with Crippen LogP contribution in [-0.2, 0) is 16.0 Å². The first-order valence-corrected chi connectivity index (χ1v) is 9.31. The highest BCUT2D eigenvalue weighted by Gasteiger charge is 2.48. The molecule has 1 saturated carbocycles. The van der Waals surface area contributed by atoms with E-state index in [1.165, 1.54) is 0 Å². The maximum absolute atomic E-state index is 12.5. The van der Waals surface area contributed by atoms with Crippen LogP contribution in [0.15, 0.2) is 36.4 Å². The molecule has 0 spiro atoms. The number of rotatable bonds is 5. The van der Waals surface area contributed by atoms with Crippen LogP contribution in [0.3, 0.4) is 0 Å². The van der Waals surface area contributed by atoms with Crippen LogP contribution >= 0.6 is 23.2 Å². The Morgan fingerprint density at radius 1 is 1.08 bits per heavy atom. The fourth-order valence-corrected chi connectivity index (χ4v) is 3.35. The van der Waals surface area contributed by atoms with E-state index in [0.29, 0.717) is 22.2 Å². The lowest BCUT2D eigenvalue weighted by Gasteiger charge is -2.13. The Morgan fingerprint density at radius 3 is 2.46 bits per heavy atom. The van der Waals surface area contributed by atoms with E-state index in [2.05, 4.69) is 10.6 Å². The first-order chi connectivity index (χ1) is 12.4. The van der Waals surface area contributed by atoms with Crippen LogP contribution in [0.1, 0.15) is 24.5 Å². The Labute approximate surface area is 162 Å². The Kier molecular flexibility index (Phi) is 5.54. The number of para-hydroxylation sites is 1. The second kappa shape index (κ2) is 7.68. The highest BCUT2D eigenvalue weighted by atomic mass is 35.5. The third-order valence-electron chi connectivity index (χ3n) is 4.64. The van der Waals surface area contributed by atoms with Crippen LogP contribution in [-0.4, -0.2) is 11.8 Å². The number of anilines is 2. The maximum atomic E-state index is 12.5. The molecule has 1 aliphatic rings. The van der Waals surface area contributed by atoms with Crippen molar-refractivity contribution in [3.8, 4) is 0 Å². The summed E-state index contributed by atoms with van der Waals surface area (Å²) in [5.41, 5.74) is 3.42. The predicted molar refractivity (Wildman–Crippen MR) is 106 cm³/mol. The van der Waals surface area contributed by atoms with Crippen LogP contribution in [0.4, 0.5) is 11.4 Å². The van der Waals surface area contributed by atoms with Gasteiger partial charge in [-0.15, -0.1) is 0 Å². The lowest BCUT2D eigenvalue weighted by atomic mass is 10.1. The number of carbonyl (C=O) groups excluding carboxylic acids is 2. The van der Waals surface area contributed by atoms with E-state index in [1.54, 1.807) is 18.2 Å². The van der Waals surface area contributed by atoms with E-state index in [9.17, 15) is 9.59 Å². The SMILES string of the molecule is CCc1cccc(C)c1NC(=O)C1CC1C(=O)Nc1cc(Cl)ccc1Cl. The minimum atomic E-state index is -0.348. The summed E-state index contributed by atoms with van der Waals surface area (Å²) >= 11 is 12.0. The van der Waals surface area contributed by atoms with Crippen molar-refractivity contribution in [2.24, 2.45) is 11.8 Å². The van der Waals surface area contributed by atoms with Crippen LogP contribution in [0, 0.1) is 18.8 Å². The Bertz CT molecular complexity index is 867. The fourth-order valence-electron chi connectivity index (χ4n) is 3.01. The maximum Gasteiger partial charge on any atom is 0.228 e. The first kappa shape index (κ1) is 18.7. The van der Waals surface area contributed by atoms with Crippen LogP contribution in [0.25, 0.3) is 0 Å². The highest BCUT2D eigenvalue weighted by molar-refractivity contribution is 6.35. The molecule has 2 atom stereocenters. The number of halogens is 2. The lowest BCUT2D eigenvalue weighted by Crippen LogP contribution is -2.21. The average Bonchev–Trinajstić information content (AvgIpc) is 3.41. The zero-order valence-electron chi connectivity index (χ0n) is 14.6. The molecule has 0 radical (unpaired) electrons. The van der Waals surface area contributed by atoms with Gasteiger partial charge in [0, 0.05) is 10.7 Å². The number of hydrogen-bond donors (Lipinski definition) is 2. The van der Waals surface area contributed by atoms with Gasteiger partial charge in [-0.1, -0.05) is 48.3 Å². The van der Waals surface area contributed by atoms with Crippen molar-refractivity contribution in [1.29, 1.82) is 0 Å². The molecule has 0 aromatic heterocycles. The molecule has 4 nitrogen and oxygen atoms in total. The van der Waals surface area contributed by atoms with E-state index in [4.69, 9.17) is 23.2 Å². The van der Waals surface area contributed by atoms with Crippen molar-refractivity contribution in [2.45, 2.75) is 26.7 Å². The van der Waals surface area contributed by atoms with Gasteiger partial charge >= 0.3 is 0 Å². The van der Waals surface area contributed by atoms with Gasteiger partial charge in [0.2, 0.25) is 11.8 Å². The van der Waals surface area contributed by atoms with E-state index in [1.807, 2.05) is 32.0 Å². The standard InChI is InChI=1S/C20H20Cl2N2O2/c1-3-12-6-4-5-11(2)18(12)24-20(26)15-10-14(15)19(25)23-17-9-13(21)7-8-16(17)22/h4-9,14-15H,3,10H2,1-2H3,(H,23,25)(H,24,26). The molecular formula is C20H20Cl2N2O2. The molecule has 2 unspecified atom stereocenters. The minimum absolute atomic E-state index is 0.119. The number of amides is 2. The molecule has 136 valence electrons. The number of hydrogen-bond acceptors (Lipinski definition) is 2. The van der Waals surface area contributed by atoms with Gasteiger partial charge in [0.15, 0.2) is 0 Å². The highest BCUT2D eigenvalue weighted by Crippen LogP contribution is 2.41. The summed E-state index contributed by atoms with van der Waals surface area (Å²) in [6, 6.07) is 10.8. The van der Waals surface area contributed by atoms with Gasteiger partial charge in [-0.2, -0.15) is 0 Å². The van der Waals surface area contributed by atoms with Crippen LogP contribution in [0.2, 0.25) is 10.0 Å². The molecule has 0 heterocycles. The third kappa shape index (κ3) is 4.02. The second-order valence-corrected chi connectivity index (χ2v) is 7.36. The zero-order valence-corrected chi connectivity index (χ0v) is 16.1. The second-order valence-electron chi connectivity index (χ2n) is 6.51. The smallest absolute Gasteiger partial charge is 0.228 e. The third-order valence-corrected chi connectivity index (χ3v) is 5.20. The molecule has 26 heavy (non-hydrogen) atoms. The molecular weight excluding hydrogens is 371 g/mol. The van der Waals surface area contributed by atoms with Gasteiger partial charge < -0.3 is 10.6 Å². The minimum Gasteiger partial charge on any atom is -0.325 e. The zero-order chi connectivity index (χ0) is 18.8. The molecule has 2 N–H and O–H groups in total. The van der Waals surface area contributed by atoms with Crippen molar-refractivity contribution in [3.05, 3.63) is 57.6 Å². The summed E-state index contributed by atoms with van der Waals surface area (Å²) < 4.78 is 0. The Balaban J connectivity index is 1.64. The molecule has 0 saturated heterocycles. The fraction of sp³-hybridized carbons (Fsp3) is 0.300. The van der Waals surface area contributed by atoms with Crippen molar-refractivity contribution in [2.75, 3.05) is 10.6 Å². The summed E-state index contributed by atoms with van der Waals surface area (Å²) in [5.74, 6) is -1.00. The quantitative estimate of drug-likeness (QED) is 0.747. The lowest BCUT2D eigenvalue weighted by molar-refractivity contribution is -0.122. The molecule has 3 rings (SSSR count). The van der Waals surface area contributed by atoms with Gasteiger partial charge in [0.1, 0.15) is 0 Å². The first-order valence-electron chi connectivity index (χ1n) is 8.56. The number of benzene rings is 2. The summed E-state index contributed by atoms with van der Waals surface area (Å²) in [7, 11) is 0. The van der Waals surface area contributed by atoms with Crippen molar-refractivity contribution in [1.82, 2.24) is 0 Å². The molecule has 2 aromatic rings. The summed E-state index contributed by atoms with van der Waals surface area (Å²) in [6.45, 7) is 4.01. The molecule has 1 fully saturated rings. The molecule has 2 aromatic carbocycles. The molecule has 6 heteroatoms. The molecule has 2 amide bonds. The average molecular weight is 391 g/mol. The topological polar surface area (TPSA) is 58.2 Å². The monoisotopic (exact) mass is 390 g/mol. The predicted octanol–water partition coefficient (Wildman–Crippen LogP) is 5.08. The molecule has 0 aliphatic heterocycles. The van der Waals surface area contributed by atoms with E-state index >= 15 is 0 Å². The molecule has 1 aliphatic carbocycles. The van der Waals surface area contributed by atoms with E-state index in [-0.39, 0.29) is 23.7 Å². The van der Waals surface area contributed by atoms with Crippen LogP contribution < -0.4 is 10.6 Å². The molecule has 0 bridgehead atoms. The number of aryl methyl sites for hydroxylation is 2. The number of carbonyl (C=O) groups is 2. The van der Waals surface area contributed by atoms with Crippen LogP contribution in [0.5, 0.6) is 0 Å². The van der Waals surface area contributed by atoms with E-state index < -0.39 is 0 Å². The van der Waals surface area contributed by atoms with Gasteiger partial charge in [-0.25, -0.2) is 0 Å². The van der Waals surface area contributed by atoms with Crippen molar-refractivity contribution < 1.29 is 9.59 Å². The number of nitrogens with one attached hydrogen (secondary N) is 2. The van der Waals surface area contributed by atoms with Gasteiger partial charge in [0.05, 0.1) is 22.5 Å². The summed E-state index contributed by atoms with van der Waals surface area (Å²) in [4.78, 5) is 24.9. The van der Waals surface area contributed by atoms with Gasteiger partial charge in [-0.05, 0) is 49.1 Å². The largest absolute Gasteiger partial charge is 0.325 e. The summed E-state index contributed by atoms with van der Waals surface area (Å²) in [5, 5.41) is 6.66. The normalized spacial score (nSPS) is 18.3. The van der Waals surface area contributed by atoms with Gasteiger partial charge in [0.25, 0.3) is 0 Å². The summed E-state index contributed by atoms with van der Waals surface area (Å²) in [6.07, 6.45) is 1.36.